The summed E-state index contributed by atoms with van der Waals surface area (Å²) in [6.07, 6.45) is 5.82. The second-order valence-electron chi connectivity index (χ2n) is 1.85. The molecule has 0 aliphatic carbocycles. The van der Waals surface area contributed by atoms with Gasteiger partial charge in [-0.2, -0.15) is 5.10 Å². The van der Waals surface area contributed by atoms with Gasteiger partial charge in [0.05, 0.1) is 4.47 Å². The highest BCUT2D eigenvalue weighted by atomic mass is 79.9. The van der Waals surface area contributed by atoms with Crippen LogP contribution in [0.1, 0.15) is 13.3 Å². The Balaban J connectivity index is 2.61. The number of hydrogen-bond donors (Lipinski definition) is 0. The van der Waals surface area contributed by atoms with Gasteiger partial charge in [0, 0.05) is 12.7 Å². The fourth-order valence-electron chi connectivity index (χ4n) is 0.644. The summed E-state index contributed by atoms with van der Waals surface area (Å²) in [6, 6.07) is 0. The van der Waals surface area contributed by atoms with Gasteiger partial charge in [-0.15, -0.1) is 0 Å². The first kappa shape index (κ1) is 6.81. The molecule has 0 atom stereocenters. The van der Waals surface area contributed by atoms with Gasteiger partial charge in [0.2, 0.25) is 0 Å². The van der Waals surface area contributed by atoms with E-state index in [1.165, 1.54) is 0 Å². The largest absolute Gasteiger partial charge is 0.271 e. The van der Waals surface area contributed by atoms with E-state index < -0.39 is 0 Å². The van der Waals surface area contributed by atoms with Gasteiger partial charge in [0.25, 0.3) is 0 Å². The van der Waals surface area contributed by atoms with Crippen LogP contribution >= 0.6 is 15.9 Å². The first-order chi connectivity index (χ1) is 4.33. The lowest BCUT2D eigenvalue weighted by atomic mass is 10.5. The molecule has 1 rings (SSSR count). The normalized spacial score (nSPS) is 10.0. The Labute approximate surface area is 63.0 Å². The highest BCUT2D eigenvalue weighted by Gasteiger charge is 1.91. The van der Waals surface area contributed by atoms with Crippen LogP contribution in [0.3, 0.4) is 0 Å². The molecule has 0 aliphatic heterocycles. The lowest BCUT2D eigenvalue weighted by Gasteiger charge is -1.92. The predicted molar refractivity (Wildman–Crippen MR) is 39.1 cm³/mol. The van der Waals surface area contributed by atoms with Crippen molar-refractivity contribution in [2.24, 2.45) is 0 Å². The molecule has 0 aromatic carbocycles. The van der Waals surface area contributed by atoms with E-state index in [1.807, 2.05) is 10.9 Å². The fraction of sp³-hybridized carbons (Fsp3) is 0.500. The van der Waals surface area contributed by atoms with Crippen LogP contribution in [0.5, 0.6) is 0 Å². The van der Waals surface area contributed by atoms with Crippen LogP contribution < -0.4 is 0 Å². The van der Waals surface area contributed by atoms with E-state index in [0.717, 1.165) is 17.4 Å². The van der Waals surface area contributed by atoms with Crippen LogP contribution in [0.4, 0.5) is 0 Å². The molecule has 0 unspecified atom stereocenters. The minimum atomic E-state index is 0.927. The summed E-state index contributed by atoms with van der Waals surface area (Å²) in [5.41, 5.74) is 0. The molecule has 2 nitrogen and oxygen atoms in total. The first-order valence-corrected chi connectivity index (χ1v) is 3.73. The number of hydrogen-bond acceptors (Lipinski definition) is 1. The molecule has 0 aliphatic rings. The van der Waals surface area contributed by atoms with Crippen LogP contribution in [0.25, 0.3) is 0 Å². The van der Waals surface area contributed by atoms with Crippen LogP contribution in [0, 0.1) is 6.20 Å². The van der Waals surface area contributed by atoms with Crippen LogP contribution in [0.15, 0.2) is 10.7 Å². The van der Waals surface area contributed by atoms with Crippen molar-refractivity contribution in [1.29, 1.82) is 0 Å². The molecule has 1 aromatic heterocycles. The molecule has 0 spiro atoms. The molecule has 9 heavy (non-hydrogen) atoms. The van der Waals surface area contributed by atoms with Crippen molar-refractivity contribution in [3.05, 3.63) is 16.9 Å². The van der Waals surface area contributed by atoms with E-state index in [4.69, 9.17) is 0 Å². The Bertz CT molecular complexity index is 183. The molecule has 1 radical (unpaired) electrons. The van der Waals surface area contributed by atoms with Gasteiger partial charge in [-0.05, 0) is 22.4 Å². The van der Waals surface area contributed by atoms with Gasteiger partial charge in [0.1, 0.15) is 6.20 Å². The third kappa shape index (κ3) is 1.82. The molecule has 3 heteroatoms. The van der Waals surface area contributed by atoms with Gasteiger partial charge in [-0.25, -0.2) is 0 Å². The van der Waals surface area contributed by atoms with E-state index >= 15 is 0 Å². The minimum Gasteiger partial charge on any atom is -0.271 e. The van der Waals surface area contributed by atoms with E-state index in [-0.39, 0.29) is 0 Å². The highest BCUT2D eigenvalue weighted by molar-refractivity contribution is 9.10. The lowest BCUT2D eigenvalue weighted by molar-refractivity contribution is 0.601. The zero-order valence-corrected chi connectivity index (χ0v) is 6.85. The van der Waals surface area contributed by atoms with Crippen LogP contribution in [0.2, 0.25) is 0 Å². The van der Waals surface area contributed by atoms with Gasteiger partial charge < -0.3 is 0 Å². The fourth-order valence-corrected chi connectivity index (χ4v) is 0.960. The van der Waals surface area contributed by atoms with Crippen molar-refractivity contribution < 1.29 is 0 Å². The number of rotatable bonds is 2. The van der Waals surface area contributed by atoms with E-state index in [2.05, 4.69) is 34.1 Å². The van der Waals surface area contributed by atoms with Crippen LogP contribution in [-0.2, 0) is 6.54 Å². The third-order valence-electron chi connectivity index (χ3n) is 1.00. The predicted octanol–water partition coefficient (Wildman–Crippen LogP) is 1.86. The van der Waals surface area contributed by atoms with Crippen molar-refractivity contribution >= 4 is 15.9 Å². The van der Waals surface area contributed by atoms with Gasteiger partial charge >= 0.3 is 0 Å². The highest BCUT2D eigenvalue weighted by Crippen LogP contribution is 2.05. The zero-order chi connectivity index (χ0) is 6.69. The smallest absolute Gasteiger partial charge is 0.128 e. The lowest BCUT2D eigenvalue weighted by Crippen LogP contribution is -1.95. The molecule has 0 bridgehead atoms. The molecule has 0 saturated carbocycles. The molecule has 0 fully saturated rings. The molecular weight excluding hydrogens is 180 g/mol. The summed E-state index contributed by atoms with van der Waals surface area (Å²) in [4.78, 5) is 0. The van der Waals surface area contributed by atoms with Gasteiger partial charge in [-0.1, -0.05) is 6.92 Å². The molecule has 1 aromatic rings. The molecular formula is C6H8BrN2. The summed E-state index contributed by atoms with van der Waals surface area (Å²) in [5, 5.41) is 3.95. The summed E-state index contributed by atoms with van der Waals surface area (Å²) < 4.78 is 2.79. The number of halogens is 1. The first-order valence-electron chi connectivity index (χ1n) is 2.93. The average Bonchev–Trinajstić information content (AvgIpc) is 2.17. The monoisotopic (exact) mass is 187 g/mol. The second-order valence-corrected chi connectivity index (χ2v) is 2.71. The molecule has 0 saturated heterocycles. The Kier molecular flexibility index (Phi) is 2.28. The topological polar surface area (TPSA) is 17.8 Å². The minimum absolute atomic E-state index is 0.927. The maximum atomic E-state index is 3.95. The summed E-state index contributed by atoms with van der Waals surface area (Å²) in [7, 11) is 0. The number of aromatic nitrogens is 2. The van der Waals surface area contributed by atoms with E-state index in [0.29, 0.717) is 0 Å². The second kappa shape index (κ2) is 3.01. The Morgan fingerprint density at radius 3 is 3.11 bits per heavy atom. The SMILES string of the molecule is CCCn1cc(Br)[c]n1. The van der Waals surface area contributed by atoms with Crippen LogP contribution in [-0.4, -0.2) is 9.78 Å². The Morgan fingerprint density at radius 2 is 2.67 bits per heavy atom. The maximum absolute atomic E-state index is 3.95. The summed E-state index contributed by atoms with van der Waals surface area (Å²) in [5.74, 6) is 0. The number of aryl methyl sites for hydroxylation is 1. The quantitative estimate of drug-likeness (QED) is 0.692. The maximum Gasteiger partial charge on any atom is 0.128 e. The van der Waals surface area contributed by atoms with Crippen molar-refractivity contribution in [1.82, 2.24) is 9.78 Å². The van der Waals surface area contributed by atoms with Crippen molar-refractivity contribution in [3.63, 3.8) is 0 Å². The molecule has 1 heterocycles. The summed E-state index contributed by atoms with van der Waals surface area (Å²) in [6.45, 7) is 3.09. The molecule has 0 amide bonds. The van der Waals surface area contributed by atoms with E-state index in [9.17, 15) is 0 Å². The van der Waals surface area contributed by atoms with Crippen molar-refractivity contribution in [2.75, 3.05) is 0 Å². The van der Waals surface area contributed by atoms with Gasteiger partial charge in [0.15, 0.2) is 0 Å². The summed E-state index contributed by atoms with van der Waals surface area (Å²) >= 11 is 3.26. The van der Waals surface area contributed by atoms with Crippen molar-refractivity contribution in [3.8, 4) is 0 Å². The zero-order valence-electron chi connectivity index (χ0n) is 5.26. The standard InChI is InChI=1S/C6H8BrN2/c1-2-3-9-5-6(7)4-8-9/h5H,2-3H2,1H3. The van der Waals surface area contributed by atoms with Crippen molar-refractivity contribution in [2.45, 2.75) is 19.9 Å². The Hall–Kier alpha value is -0.310. The Morgan fingerprint density at radius 1 is 1.89 bits per heavy atom. The number of nitrogens with zero attached hydrogens (tertiary/aromatic N) is 2. The van der Waals surface area contributed by atoms with Gasteiger partial charge in [-0.3, -0.25) is 4.68 Å². The molecule has 49 valence electrons. The van der Waals surface area contributed by atoms with E-state index in [1.54, 1.807) is 0 Å². The molecule has 0 N–H and O–H groups in total. The third-order valence-corrected chi connectivity index (χ3v) is 1.38. The average molecular weight is 188 g/mol.